The van der Waals surface area contributed by atoms with Crippen LogP contribution in [0.3, 0.4) is 0 Å². The second-order valence-electron chi connectivity index (χ2n) is 3.50. The molecule has 1 aromatic heterocycles. The largest absolute Gasteiger partial charge is 0.383 e. The van der Waals surface area contributed by atoms with Gasteiger partial charge < -0.3 is 5.73 Å². The molecule has 0 amide bonds. The minimum Gasteiger partial charge on any atom is -0.383 e. The number of halogens is 3. The fraction of sp³-hybridized carbons (Fsp3) is 0. The molecule has 19 heavy (non-hydrogen) atoms. The lowest BCUT2D eigenvalue weighted by atomic mass is 10.3. The summed E-state index contributed by atoms with van der Waals surface area (Å²) in [5.74, 6) is -2.08. The average molecular weight is 353 g/mol. The van der Waals surface area contributed by atoms with Crippen LogP contribution in [0.4, 0.5) is 20.3 Å². The van der Waals surface area contributed by atoms with Crippen LogP contribution in [0.25, 0.3) is 0 Å². The predicted molar refractivity (Wildman–Crippen MR) is 67.9 cm³/mol. The van der Waals surface area contributed by atoms with Crippen molar-refractivity contribution in [3.8, 4) is 0 Å². The molecule has 1 aromatic carbocycles. The Morgan fingerprint density at radius 3 is 2.58 bits per heavy atom. The summed E-state index contributed by atoms with van der Waals surface area (Å²) < 4.78 is 52.2. The van der Waals surface area contributed by atoms with Crippen molar-refractivity contribution >= 4 is 37.5 Å². The van der Waals surface area contributed by atoms with Crippen molar-refractivity contribution in [1.82, 2.24) is 10.2 Å². The van der Waals surface area contributed by atoms with Gasteiger partial charge in [-0.25, -0.2) is 17.2 Å². The lowest BCUT2D eigenvalue weighted by Gasteiger charge is -2.08. The zero-order chi connectivity index (χ0) is 14.2. The third-order valence-corrected chi connectivity index (χ3v) is 4.18. The highest BCUT2D eigenvalue weighted by Gasteiger charge is 2.21. The van der Waals surface area contributed by atoms with E-state index in [9.17, 15) is 17.2 Å². The van der Waals surface area contributed by atoms with Crippen molar-refractivity contribution in [3.63, 3.8) is 0 Å². The van der Waals surface area contributed by atoms with E-state index >= 15 is 0 Å². The molecule has 10 heteroatoms. The number of rotatable bonds is 3. The smallest absolute Gasteiger partial charge is 0.267 e. The second kappa shape index (κ2) is 4.78. The number of H-pyrrole nitrogens is 1. The van der Waals surface area contributed by atoms with Crippen LogP contribution >= 0.6 is 15.9 Å². The first-order valence-corrected chi connectivity index (χ1v) is 7.05. The van der Waals surface area contributed by atoms with Gasteiger partial charge in [-0.05, 0) is 22.0 Å². The molecule has 0 aliphatic heterocycles. The van der Waals surface area contributed by atoms with E-state index in [0.717, 1.165) is 12.3 Å². The summed E-state index contributed by atoms with van der Waals surface area (Å²) in [5.41, 5.74) is 4.96. The quantitative estimate of drug-likeness (QED) is 0.733. The molecule has 0 fully saturated rings. The minimum atomic E-state index is -4.10. The molecule has 0 aliphatic rings. The molecular formula is C9H7BrF2N4O2S. The molecule has 0 aliphatic carbocycles. The summed E-state index contributed by atoms with van der Waals surface area (Å²) in [6.07, 6.45) is 0.980. The zero-order valence-electron chi connectivity index (χ0n) is 9.12. The van der Waals surface area contributed by atoms with Gasteiger partial charge in [-0.1, -0.05) is 0 Å². The Morgan fingerprint density at radius 2 is 2.00 bits per heavy atom. The molecule has 102 valence electrons. The van der Waals surface area contributed by atoms with Gasteiger partial charge in [0.25, 0.3) is 10.0 Å². The average Bonchev–Trinajstić information content (AvgIpc) is 2.73. The lowest BCUT2D eigenvalue weighted by Crippen LogP contribution is -2.15. The van der Waals surface area contributed by atoms with Crippen LogP contribution in [0.5, 0.6) is 0 Å². The first-order valence-electron chi connectivity index (χ1n) is 4.77. The molecule has 0 saturated heterocycles. The van der Waals surface area contributed by atoms with Gasteiger partial charge in [-0.15, -0.1) is 0 Å². The summed E-state index contributed by atoms with van der Waals surface area (Å²) in [4.78, 5) is -0.327. The van der Waals surface area contributed by atoms with Crippen LogP contribution in [0.15, 0.2) is 27.7 Å². The molecule has 0 atom stereocenters. The molecule has 0 bridgehead atoms. The number of aromatic amines is 1. The van der Waals surface area contributed by atoms with Crippen molar-refractivity contribution < 1.29 is 17.2 Å². The van der Waals surface area contributed by atoms with Gasteiger partial charge in [-0.3, -0.25) is 9.82 Å². The zero-order valence-corrected chi connectivity index (χ0v) is 11.5. The lowest BCUT2D eigenvalue weighted by molar-refractivity contribution is 0.579. The molecule has 0 saturated carbocycles. The Balaban J connectivity index is 2.42. The number of nitrogens with zero attached hydrogens (tertiary/aromatic N) is 1. The summed E-state index contributed by atoms with van der Waals surface area (Å²) in [7, 11) is -4.10. The number of nitrogen functional groups attached to an aromatic ring is 1. The Kier molecular flexibility index (Phi) is 3.45. The van der Waals surface area contributed by atoms with Gasteiger partial charge in [0.15, 0.2) is 0 Å². The van der Waals surface area contributed by atoms with Gasteiger partial charge in [0.1, 0.15) is 22.3 Å². The molecule has 0 spiro atoms. The Hall–Kier alpha value is -1.68. The normalized spacial score (nSPS) is 11.5. The molecular weight excluding hydrogens is 346 g/mol. The fourth-order valence-electron chi connectivity index (χ4n) is 1.30. The third-order valence-electron chi connectivity index (χ3n) is 2.18. The van der Waals surface area contributed by atoms with Crippen LogP contribution < -0.4 is 10.5 Å². The summed E-state index contributed by atoms with van der Waals surface area (Å²) >= 11 is 2.83. The maximum Gasteiger partial charge on any atom is 0.267 e. The standard InChI is InChI=1S/C9H7BrF2N4O2S/c10-4-1-7(6(12)2-5(4)11)16-19(17,18)8-3-14-15-9(8)13/h1-3,16H,(H3,13,14,15). The van der Waals surface area contributed by atoms with Gasteiger partial charge in [0, 0.05) is 6.07 Å². The molecule has 2 aromatic rings. The van der Waals surface area contributed by atoms with Crippen LogP contribution in [0.1, 0.15) is 0 Å². The number of anilines is 2. The van der Waals surface area contributed by atoms with Crippen molar-refractivity contribution in [1.29, 1.82) is 0 Å². The van der Waals surface area contributed by atoms with E-state index in [0.29, 0.717) is 6.07 Å². The van der Waals surface area contributed by atoms with Gasteiger partial charge in [0.2, 0.25) is 0 Å². The number of benzene rings is 1. The Labute approximate surface area is 115 Å². The number of nitrogens with one attached hydrogen (secondary N) is 2. The maximum absolute atomic E-state index is 13.5. The first-order chi connectivity index (χ1) is 8.81. The summed E-state index contributed by atoms with van der Waals surface area (Å²) in [6.45, 7) is 0. The van der Waals surface area contributed by atoms with Crippen molar-refractivity contribution in [2.75, 3.05) is 10.5 Å². The second-order valence-corrected chi connectivity index (χ2v) is 6.00. The van der Waals surface area contributed by atoms with Gasteiger partial charge >= 0.3 is 0 Å². The van der Waals surface area contributed by atoms with E-state index in [1.807, 2.05) is 4.72 Å². The number of hydrogen-bond acceptors (Lipinski definition) is 4. The van der Waals surface area contributed by atoms with Crippen molar-refractivity contribution in [3.05, 3.63) is 34.4 Å². The fourth-order valence-corrected chi connectivity index (χ4v) is 2.73. The maximum atomic E-state index is 13.5. The third kappa shape index (κ3) is 2.68. The van der Waals surface area contributed by atoms with Crippen LogP contribution in [0.2, 0.25) is 0 Å². The van der Waals surface area contributed by atoms with Crippen molar-refractivity contribution in [2.45, 2.75) is 4.90 Å². The van der Waals surface area contributed by atoms with Gasteiger partial charge in [0.05, 0.1) is 16.4 Å². The number of hydrogen-bond donors (Lipinski definition) is 3. The van der Waals surface area contributed by atoms with Gasteiger partial charge in [-0.2, -0.15) is 5.10 Å². The highest BCUT2D eigenvalue weighted by atomic mass is 79.9. The van der Waals surface area contributed by atoms with E-state index in [-0.39, 0.29) is 15.2 Å². The van der Waals surface area contributed by atoms with E-state index < -0.39 is 27.3 Å². The van der Waals surface area contributed by atoms with Crippen LogP contribution in [-0.2, 0) is 10.0 Å². The van der Waals surface area contributed by atoms with Crippen LogP contribution in [-0.4, -0.2) is 18.6 Å². The van der Waals surface area contributed by atoms with Crippen molar-refractivity contribution in [2.24, 2.45) is 0 Å². The molecule has 1 heterocycles. The number of sulfonamides is 1. The highest BCUT2D eigenvalue weighted by Crippen LogP contribution is 2.26. The van der Waals surface area contributed by atoms with E-state index in [2.05, 4.69) is 26.1 Å². The summed E-state index contributed by atoms with van der Waals surface area (Å²) in [5, 5.41) is 5.69. The van der Waals surface area contributed by atoms with E-state index in [4.69, 9.17) is 5.73 Å². The topological polar surface area (TPSA) is 101 Å². The molecule has 2 rings (SSSR count). The molecule has 6 nitrogen and oxygen atoms in total. The number of nitrogens with two attached hydrogens (primary N) is 1. The Bertz CT molecular complexity index is 732. The Morgan fingerprint density at radius 1 is 1.32 bits per heavy atom. The SMILES string of the molecule is Nc1[nH]ncc1S(=O)(=O)Nc1cc(Br)c(F)cc1F. The monoisotopic (exact) mass is 352 g/mol. The first kappa shape index (κ1) is 13.7. The number of aromatic nitrogens is 2. The van der Waals surface area contributed by atoms with E-state index in [1.165, 1.54) is 0 Å². The minimum absolute atomic E-state index is 0.0771. The van der Waals surface area contributed by atoms with Crippen LogP contribution in [0, 0.1) is 11.6 Å². The highest BCUT2D eigenvalue weighted by molar-refractivity contribution is 9.10. The predicted octanol–water partition coefficient (Wildman–Crippen LogP) is 1.83. The summed E-state index contributed by atoms with van der Waals surface area (Å²) in [6, 6.07) is 1.53. The molecule has 4 N–H and O–H groups in total. The molecule has 0 radical (unpaired) electrons. The molecule has 0 unspecified atom stereocenters. The van der Waals surface area contributed by atoms with E-state index in [1.54, 1.807) is 0 Å².